The average molecular weight is 480 g/mol. The smallest absolute Gasteiger partial charge is 0.410 e. The van der Waals surface area contributed by atoms with Crippen molar-refractivity contribution in [3.8, 4) is 11.5 Å². The summed E-state index contributed by atoms with van der Waals surface area (Å²) < 4.78 is 19.1. The number of phenols is 1. The summed E-state index contributed by atoms with van der Waals surface area (Å²) in [6, 6.07) is 15.8. The van der Waals surface area contributed by atoms with Gasteiger partial charge in [-0.1, -0.05) is 30.3 Å². The van der Waals surface area contributed by atoms with E-state index >= 15 is 0 Å². The number of rotatable bonds is 3. The first-order valence-corrected chi connectivity index (χ1v) is 12.8. The molecule has 188 valence electrons. The lowest BCUT2D eigenvalue weighted by molar-refractivity contribution is -0.191. The van der Waals surface area contributed by atoms with Crippen LogP contribution in [0.4, 0.5) is 4.79 Å². The zero-order chi connectivity index (χ0) is 24.8. The molecule has 5 rings (SSSR count). The van der Waals surface area contributed by atoms with Gasteiger partial charge in [-0.15, -0.1) is 0 Å². The lowest BCUT2D eigenvalue weighted by atomic mass is 9.68. The standard InChI is InChI=1S/C29H37NO5/c1-28(2,3)35-27(32)30-15-13-24-20(18-30)16-23-26(33-24)22-17-21(31)10-11-25(22)34-29(23,4)14-12-19-8-6-5-7-9-19/h5-11,17,20,23-24,26,31H,12-16,18H2,1-4H3/t20-,23+,24+,26-,29+/m1/s1. The Hall–Kier alpha value is -2.73. The summed E-state index contributed by atoms with van der Waals surface area (Å²) >= 11 is 0. The lowest BCUT2D eigenvalue weighted by Gasteiger charge is -2.54. The summed E-state index contributed by atoms with van der Waals surface area (Å²) in [7, 11) is 0. The van der Waals surface area contributed by atoms with Crippen LogP contribution in [0.3, 0.4) is 0 Å². The van der Waals surface area contributed by atoms with Gasteiger partial charge in [-0.2, -0.15) is 0 Å². The third kappa shape index (κ3) is 4.99. The molecular weight excluding hydrogens is 442 g/mol. The fourth-order valence-electron chi connectivity index (χ4n) is 5.95. The minimum absolute atomic E-state index is 0.0709. The number of benzene rings is 2. The zero-order valence-corrected chi connectivity index (χ0v) is 21.2. The first-order chi connectivity index (χ1) is 16.6. The molecule has 2 fully saturated rings. The molecular formula is C29H37NO5. The van der Waals surface area contributed by atoms with Crippen LogP contribution < -0.4 is 4.74 Å². The largest absolute Gasteiger partial charge is 0.508 e. The fraction of sp³-hybridized carbons (Fsp3) is 0.552. The van der Waals surface area contributed by atoms with E-state index in [1.165, 1.54) is 5.56 Å². The number of hydrogen-bond acceptors (Lipinski definition) is 5. The van der Waals surface area contributed by atoms with Crippen LogP contribution in [-0.4, -0.2) is 46.5 Å². The average Bonchev–Trinajstić information content (AvgIpc) is 2.82. The van der Waals surface area contributed by atoms with E-state index in [2.05, 4.69) is 31.2 Å². The van der Waals surface area contributed by atoms with Gasteiger partial charge in [0.05, 0.1) is 12.2 Å². The molecule has 0 aliphatic carbocycles. The van der Waals surface area contributed by atoms with Gasteiger partial charge in [-0.05, 0) is 77.1 Å². The second-order valence-electron chi connectivity index (χ2n) is 11.5. The van der Waals surface area contributed by atoms with Gasteiger partial charge in [0.15, 0.2) is 0 Å². The van der Waals surface area contributed by atoms with Gasteiger partial charge < -0.3 is 24.2 Å². The van der Waals surface area contributed by atoms with E-state index in [0.29, 0.717) is 13.1 Å². The summed E-state index contributed by atoms with van der Waals surface area (Å²) in [5.74, 6) is 1.35. The van der Waals surface area contributed by atoms with Crippen molar-refractivity contribution in [1.29, 1.82) is 0 Å². The molecule has 0 spiro atoms. The second-order valence-corrected chi connectivity index (χ2v) is 11.5. The van der Waals surface area contributed by atoms with Crippen molar-refractivity contribution in [3.63, 3.8) is 0 Å². The van der Waals surface area contributed by atoms with Crippen molar-refractivity contribution in [2.45, 2.75) is 76.8 Å². The Bertz CT molecular complexity index is 1060. The van der Waals surface area contributed by atoms with E-state index < -0.39 is 11.2 Å². The Morgan fingerprint density at radius 1 is 1.20 bits per heavy atom. The summed E-state index contributed by atoms with van der Waals surface area (Å²) in [4.78, 5) is 14.6. The maximum absolute atomic E-state index is 12.8. The number of carbonyl (C=O) groups excluding carboxylic acids is 1. The molecule has 0 saturated carbocycles. The first-order valence-electron chi connectivity index (χ1n) is 12.8. The van der Waals surface area contributed by atoms with Gasteiger partial charge in [-0.25, -0.2) is 4.79 Å². The molecule has 0 bridgehead atoms. The number of likely N-dealkylation sites (tertiary alicyclic amines) is 1. The highest BCUT2D eigenvalue weighted by Crippen LogP contribution is 2.54. The number of fused-ring (bicyclic) bond motifs is 4. The third-order valence-corrected chi connectivity index (χ3v) is 7.74. The van der Waals surface area contributed by atoms with Gasteiger partial charge in [0.2, 0.25) is 0 Å². The van der Waals surface area contributed by atoms with Crippen LogP contribution in [0.1, 0.15) is 64.2 Å². The van der Waals surface area contributed by atoms with Gasteiger partial charge in [0.1, 0.15) is 22.7 Å². The van der Waals surface area contributed by atoms with E-state index in [1.54, 1.807) is 12.1 Å². The molecule has 6 heteroatoms. The number of hydrogen-bond donors (Lipinski definition) is 1. The van der Waals surface area contributed by atoms with Crippen molar-refractivity contribution in [3.05, 3.63) is 59.7 Å². The van der Waals surface area contributed by atoms with Crippen LogP contribution in [0.2, 0.25) is 0 Å². The number of piperidine rings is 1. The highest BCUT2D eigenvalue weighted by molar-refractivity contribution is 5.68. The molecule has 2 aromatic carbocycles. The topological polar surface area (TPSA) is 68.2 Å². The molecule has 0 aromatic heterocycles. The van der Waals surface area contributed by atoms with Crippen LogP contribution in [-0.2, 0) is 15.9 Å². The van der Waals surface area contributed by atoms with Crippen molar-refractivity contribution in [2.24, 2.45) is 11.8 Å². The Labute approximate surface area is 208 Å². The molecule has 0 unspecified atom stereocenters. The maximum Gasteiger partial charge on any atom is 0.410 e. The molecule has 3 aliphatic heterocycles. The number of amides is 1. The molecule has 6 nitrogen and oxygen atoms in total. The van der Waals surface area contributed by atoms with Crippen LogP contribution in [0, 0.1) is 11.8 Å². The van der Waals surface area contributed by atoms with Crippen molar-refractivity contribution in [2.75, 3.05) is 13.1 Å². The van der Waals surface area contributed by atoms with E-state index in [0.717, 1.165) is 37.0 Å². The molecule has 2 aromatic rings. The number of carbonyl (C=O) groups is 1. The van der Waals surface area contributed by atoms with Gasteiger partial charge >= 0.3 is 6.09 Å². The predicted molar refractivity (Wildman–Crippen MR) is 134 cm³/mol. The minimum Gasteiger partial charge on any atom is -0.508 e. The Balaban J connectivity index is 1.40. The summed E-state index contributed by atoms with van der Waals surface area (Å²) in [5.41, 5.74) is 1.28. The maximum atomic E-state index is 12.8. The second kappa shape index (κ2) is 9.05. The van der Waals surface area contributed by atoms with E-state index in [-0.39, 0.29) is 35.9 Å². The van der Waals surface area contributed by atoms with E-state index in [4.69, 9.17) is 14.2 Å². The molecule has 2 saturated heterocycles. The van der Waals surface area contributed by atoms with Gasteiger partial charge in [-0.3, -0.25) is 0 Å². The Morgan fingerprint density at radius 3 is 2.71 bits per heavy atom. The van der Waals surface area contributed by atoms with Crippen LogP contribution in [0.25, 0.3) is 0 Å². The Kier molecular flexibility index (Phi) is 6.20. The highest BCUT2D eigenvalue weighted by atomic mass is 16.6. The zero-order valence-electron chi connectivity index (χ0n) is 21.2. The summed E-state index contributed by atoms with van der Waals surface area (Å²) in [6.45, 7) is 9.15. The highest BCUT2D eigenvalue weighted by Gasteiger charge is 2.53. The minimum atomic E-state index is -0.513. The van der Waals surface area contributed by atoms with Crippen LogP contribution >= 0.6 is 0 Å². The molecule has 1 N–H and O–H groups in total. The number of aryl methyl sites for hydroxylation is 1. The molecule has 0 radical (unpaired) electrons. The number of phenolic OH excluding ortho intramolecular Hbond substituents is 1. The monoisotopic (exact) mass is 479 g/mol. The normalized spacial score (nSPS) is 29.9. The number of ether oxygens (including phenoxy) is 3. The lowest BCUT2D eigenvalue weighted by Crippen LogP contribution is -2.57. The van der Waals surface area contributed by atoms with Crippen molar-refractivity contribution >= 4 is 6.09 Å². The van der Waals surface area contributed by atoms with E-state index in [9.17, 15) is 9.90 Å². The third-order valence-electron chi connectivity index (χ3n) is 7.74. The molecule has 5 atom stereocenters. The fourth-order valence-corrected chi connectivity index (χ4v) is 5.95. The summed E-state index contributed by atoms with van der Waals surface area (Å²) in [5, 5.41) is 10.2. The van der Waals surface area contributed by atoms with Crippen molar-refractivity contribution < 1.29 is 24.1 Å². The van der Waals surface area contributed by atoms with E-state index in [1.807, 2.05) is 37.8 Å². The Morgan fingerprint density at radius 2 is 1.97 bits per heavy atom. The molecule has 35 heavy (non-hydrogen) atoms. The van der Waals surface area contributed by atoms with Crippen LogP contribution in [0.5, 0.6) is 11.5 Å². The molecule has 1 amide bonds. The van der Waals surface area contributed by atoms with Crippen molar-refractivity contribution in [1.82, 2.24) is 4.90 Å². The first kappa shape index (κ1) is 24.0. The number of aromatic hydroxyl groups is 1. The quantitative estimate of drug-likeness (QED) is 0.595. The summed E-state index contributed by atoms with van der Waals surface area (Å²) in [6.07, 6.45) is 3.13. The molecule has 3 aliphatic rings. The van der Waals surface area contributed by atoms with Gasteiger partial charge in [0, 0.05) is 30.5 Å². The predicted octanol–water partition coefficient (Wildman–Crippen LogP) is 5.88. The van der Waals surface area contributed by atoms with Crippen LogP contribution in [0.15, 0.2) is 48.5 Å². The van der Waals surface area contributed by atoms with Gasteiger partial charge in [0.25, 0.3) is 0 Å². The molecule has 3 heterocycles. The SMILES string of the molecule is CC(C)(C)OC(=O)N1CC[C@@H]2O[C@@H]3c4cc(O)ccc4O[C@@](C)(CCc4ccccc4)[C@H]3C[C@@H]2C1. The number of nitrogens with zero attached hydrogens (tertiary/aromatic N) is 1.